The summed E-state index contributed by atoms with van der Waals surface area (Å²) in [5, 5.41) is 4.23. The predicted molar refractivity (Wildman–Crippen MR) is 81.5 cm³/mol. The maximum absolute atomic E-state index is 12.6. The Kier molecular flexibility index (Phi) is 3.71. The third kappa shape index (κ3) is 2.60. The van der Waals surface area contributed by atoms with Gasteiger partial charge in [-0.3, -0.25) is 4.79 Å². The van der Waals surface area contributed by atoms with E-state index in [0.29, 0.717) is 0 Å². The van der Waals surface area contributed by atoms with E-state index in [-0.39, 0.29) is 11.9 Å². The lowest BCUT2D eigenvalue weighted by Crippen LogP contribution is -2.30. The lowest BCUT2D eigenvalue weighted by Gasteiger charge is -2.24. The van der Waals surface area contributed by atoms with Crippen molar-refractivity contribution in [1.29, 1.82) is 0 Å². The van der Waals surface area contributed by atoms with E-state index in [4.69, 9.17) is 0 Å². The predicted octanol–water partition coefficient (Wildman–Crippen LogP) is 4.49. The molecule has 1 amide bonds. The summed E-state index contributed by atoms with van der Waals surface area (Å²) in [6.07, 6.45) is 2.15. The molecule has 0 radical (unpaired) electrons. The Morgan fingerprint density at radius 3 is 2.74 bits per heavy atom. The molecule has 2 aromatic rings. The Labute approximate surface area is 125 Å². The van der Waals surface area contributed by atoms with Crippen molar-refractivity contribution >= 4 is 33.2 Å². The van der Waals surface area contributed by atoms with Crippen LogP contribution in [0.25, 0.3) is 0 Å². The highest BCUT2D eigenvalue weighted by Gasteiger charge is 2.30. The molecule has 0 N–H and O–H groups in total. The standard InChI is InChI=1S/C15H14BrNOS/c16-13-5-3-11(4-6-13)15(18)17-8-1-2-14(17)12-7-9-19-10-12/h3-7,9-10,14H,1-2,8H2/t14-/m1/s1. The van der Waals surface area contributed by atoms with E-state index in [9.17, 15) is 4.79 Å². The van der Waals surface area contributed by atoms with Crippen LogP contribution in [-0.4, -0.2) is 17.4 Å². The van der Waals surface area contributed by atoms with Crippen LogP contribution in [0.3, 0.4) is 0 Å². The van der Waals surface area contributed by atoms with Crippen LogP contribution >= 0.6 is 27.3 Å². The van der Waals surface area contributed by atoms with Crippen LogP contribution in [0.4, 0.5) is 0 Å². The topological polar surface area (TPSA) is 20.3 Å². The number of amides is 1. The molecule has 3 rings (SSSR count). The largest absolute Gasteiger partial charge is 0.332 e. The molecule has 1 saturated heterocycles. The normalized spacial score (nSPS) is 18.8. The molecule has 4 heteroatoms. The summed E-state index contributed by atoms with van der Waals surface area (Å²) < 4.78 is 1.000. The van der Waals surface area contributed by atoms with Crippen LogP contribution < -0.4 is 0 Å². The second kappa shape index (κ2) is 5.47. The quantitative estimate of drug-likeness (QED) is 0.791. The van der Waals surface area contributed by atoms with Crippen LogP contribution in [0.1, 0.15) is 34.8 Å². The molecule has 1 fully saturated rings. The number of likely N-dealkylation sites (tertiary alicyclic amines) is 1. The van der Waals surface area contributed by atoms with Crippen molar-refractivity contribution in [1.82, 2.24) is 4.90 Å². The fourth-order valence-corrected chi connectivity index (χ4v) is 3.55. The first-order chi connectivity index (χ1) is 9.25. The molecular formula is C15H14BrNOS. The van der Waals surface area contributed by atoms with Gasteiger partial charge in [-0.2, -0.15) is 11.3 Å². The molecule has 0 unspecified atom stereocenters. The van der Waals surface area contributed by atoms with Gasteiger partial charge in [0.15, 0.2) is 0 Å². The average Bonchev–Trinajstić information content (AvgIpc) is 3.09. The first-order valence-electron chi connectivity index (χ1n) is 6.34. The Morgan fingerprint density at radius 2 is 2.05 bits per heavy atom. The molecule has 0 saturated carbocycles. The first-order valence-corrected chi connectivity index (χ1v) is 8.08. The number of rotatable bonds is 2. The van der Waals surface area contributed by atoms with Crippen molar-refractivity contribution in [2.24, 2.45) is 0 Å². The third-order valence-electron chi connectivity index (χ3n) is 3.53. The third-order valence-corrected chi connectivity index (χ3v) is 4.76. The van der Waals surface area contributed by atoms with Crippen molar-refractivity contribution < 1.29 is 4.79 Å². The molecule has 2 nitrogen and oxygen atoms in total. The maximum Gasteiger partial charge on any atom is 0.254 e. The average molecular weight is 336 g/mol. The first kappa shape index (κ1) is 12.9. The zero-order valence-corrected chi connectivity index (χ0v) is 12.8. The van der Waals surface area contributed by atoms with E-state index < -0.39 is 0 Å². The summed E-state index contributed by atoms with van der Waals surface area (Å²) in [7, 11) is 0. The number of nitrogens with zero attached hydrogens (tertiary/aromatic N) is 1. The monoisotopic (exact) mass is 335 g/mol. The van der Waals surface area contributed by atoms with Gasteiger partial charge < -0.3 is 4.90 Å². The van der Waals surface area contributed by atoms with Gasteiger partial charge in [0.25, 0.3) is 5.91 Å². The number of carbonyl (C=O) groups excluding carboxylic acids is 1. The van der Waals surface area contributed by atoms with Crippen molar-refractivity contribution in [2.75, 3.05) is 6.54 Å². The second-order valence-corrected chi connectivity index (χ2v) is 6.42. The van der Waals surface area contributed by atoms with Crippen LogP contribution in [0, 0.1) is 0 Å². The highest BCUT2D eigenvalue weighted by atomic mass is 79.9. The number of thiophene rings is 1. The zero-order valence-electron chi connectivity index (χ0n) is 10.4. The van der Waals surface area contributed by atoms with Gasteiger partial charge in [0, 0.05) is 16.6 Å². The summed E-state index contributed by atoms with van der Waals surface area (Å²) in [5.41, 5.74) is 2.04. The number of hydrogen-bond donors (Lipinski definition) is 0. The summed E-state index contributed by atoms with van der Waals surface area (Å²) in [6.45, 7) is 0.857. The lowest BCUT2D eigenvalue weighted by molar-refractivity contribution is 0.0736. The second-order valence-electron chi connectivity index (χ2n) is 4.72. The van der Waals surface area contributed by atoms with Gasteiger partial charge >= 0.3 is 0 Å². The van der Waals surface area contributed by atoms with E-state index in [1.807, 2.05) is 29.2 Å². The van der Waals surface area contributed by atoms with E-state index in [2.05, 4.69) is 32.8 Å². The fourth-order valence-electron chi connectivity index (χ4n) is 2.58. The van der Waals surface area contributed by atoms with Crippen molar-refractivity contribution in [3.63, 3.8) is 0 Å². The Balaban J connectivity index is 1.84. The van der Waals surface area contributed by atoms with E-state index in [1.165, 1.54) is 5.56 Å². The van der Waals surface area contributed by atoms with Crippen molar-refractivity contribution in [3.05, 3.63) is 56.7 Å². The van der Waals surface area contributed by atoms with Gasteiger partial charge in [0.1, 0.15) is 0 Å². The molecule has 1 aliphatic heterocycles. The molecule has 2 heterocycles. The minimum Gasteiger partial charge on any atom is -0.332 e. The Morgan fingerprint density at radius 1 is 1.26 bits per heavy atom. The molecule has 19 heavy (non-hydrogen) atoms. The van der Waals surface area contributed by atoms with E-state index in [0.717, 1.165) is 29.4 Å². The molecule has 1 aromatic heterocycles. The molecular weight excluding hydrogens is 322 g/mol. The molecule has 1 aliphatic rings. The summed E-state index contributed by atoms with van der Waals surface area (Å²) in [6, 6.07) is 9.99. The van der Waals surface area contributed by atoms with Crippen LogP contribution in [0.5, 0.6) is 0 Å². The molecule has 0 bridgehead atoms. The summed E-state index contributed by atoms with van der Waals surface area (Å²) in [4.78, 5) is 14.6. The SMILES string of the molecule is O=C(c1ccc(Br)cc1)N1CCC[C@@H]1c1ccsc1. The van der Waals surface area contributed by atoms with Crippen molar-refractivity contribution in [3.8, 4) is 0 Å². The molecule has 1 atom stereocenters. The van der Waals surface area contributed by atoms with Gasteiger partial charge in [-0.15, -0.1) is 0 Å². The van der Waals surface area contributed by atoms with Crippen LogP contribution in [0.15, 0.2) is 45.6 Å². The fraction of sp³-hybridized carbons (Fsp3) is 0.267. The molecule has 0 spiro atoms. The smallest absolute Gasteiger partial charge is 0.254 e. The number of hydrogen-bond acceptors (Lipinski definition) is 2. The highest BCUT2D eigenvalue weighted by molar-refractivity contribution is 9.10. The van der Waals surface area contributed by atoms with E-state index in [1.54, 1.807) is 11.3 Å². The minimum atomic E-state index is 0.140. The molecule has 1 aromatic carbocycles. The molecule has 98 valence electrons. The van der Waals surface area contributed by atoms with Gasteiger partial charge in [-0.1, -0.05) is 15.9 Å². The van der Waals surface area contributed by atoms with E-state index >= 15 is 0 Å². The Bertz CT molecular complexity index is 564. The highest BCUT2D eigenvalue weighted by Crippen LogP contribution is 2.34. The van der Waals surface area contributed by atoms with Gasteiger partial charge in [-0.25, -0.2) is 0 Å². The van der Waals surface area contributed by atoms with Gasteiger partial charge in [0.05, 0.1) is 6.04 Å². The summed E-state index contributed by atoms with van der Waals surface area (Å²) in [5.74, 6) is 0.140. The van der Waals surface area contributed by atoms with Crippen LogP contribution in [0.2, 0.25) is 0 Å². The number of halogens is 1. The minimum absolute atomic E-state index is 0.140. The number of benzene rings is 1. The summed E-state index contributed by atoms with van der Waals surface area (Å²) >= 11 is 5.09. The Hall–Kier alpha value is -1.13. The number of carbonyl (C=O) groups is 1. The van der Waals surface area contributed by atoms with Crippen molar-refractivity contribution in [2.45, 2.75) is 18.9 Å². The van der Waals surface area contributed by atoms with Crippen LogP contribution in [-0.2, 0) is 0 Å². The van der Waals surface area contributed by atoms with Gasteiger partial charge in [0.2, 0.25) is 0 Å². The molecule has 0 aliphatic carbocycles. The lowest BCUT2D eigenvalue weighted by atomic mass is 10.1. The maximum atomic E-state index is 12.6. The van der Waals surface area contributed by atoms with Gasteiger partial charge in [-0.05, 0) is 59.5 Å². The zero-order chi connectivity index (χ0) is 13.2.